The number of hydrogen-bond donors (Lipinski definition) is 1. The Kier molecular flexibility index (Phi) is 5.10. The van der Waals surface area contributed by atoms with Crippen molar-refractivity contribution in [3.63, 3.8) is 0 Å². The summed E-state index contributed by atoms with van der Waals surface area (Å²) in [6, 6.07) is 16.6. The number of ketones is 1. The van der Waals surface area contributed by atoms with Crippen molar-refractivity contribution in [3.8, 4) is 11.5 Å². The highest BCUT2D eigenvalue weighted by Crippen LogP contribution is 2.22. The topological polar surface area (TPSA) is 55.4 Å². The van der Waals surface area contributed by atoms with Crippen LogP contribution in [-0.4, -0.2) is 11.7 Å². The SMILES string of the molecule is CC(=O)CCC(=O)Nc1ccc(Oc2ccccc2)cc1. The molecule has 0 spiro atoms. The molecule has 1 amide bonds. The van der Waals surface area contributed by atoms with Gasteiger partial charge in [-0.05, 0) is 43.3 Å². The molecule has 0 fully saturated rings. The molecule has 0 heterocycles. The van der Waals surface area contributed by atoms with Crippen molar-refractivity contribution in [2.24, 2.45) is 0 Å². The monoisotopic (exact) mass is 283 g/mol. The molecule has 0 bridgehead atoms. The zero-order chi connectivity index (χ0) is 15.1. The molecule has 21 heavy (non-hydrogen) atoms. The molecule has 4 heteroatoms. The van der Waals surface area contributed by atoms with Crippen LogP contribution in [0.25, 0.3) is 0 Å². The van der Waals surface area contributed by atoms with Crippen LogP contribution in [0, 0.1) is 0 Å². The van der Waals surface area contributed by atoms with Crippen molar-refractivity contribution in [1.82, 2.24) is 0 Å². The Morgan fingerprint density at radius 3 is 2.14 bits per heavy atom. The van der Waals surface area contributed by atoms with E-state index < -0.39 is 0 Å². The summed E-state index contributed by atoms with van der Waals surface area (Å²) < 4.78 is 5.66. The molecule has 1 N–H and O–H groups in total. The summed E-state index contributed by atoms with van der Waals surface area (Å²) in [4.78, 5) is 22.4. The van der Waals surface area contributed by atoms with Crippen molar-refractivity contribution >= 4 is 17.4 Å². The van der Waals surface area contributed by atoms with Crippen LogP contribution >= 0.6 is 0 Å². The number of Topliss-reactive ketones (excluding diaryl/α,β-unsaturated/α-hetero) is 1. The number of carbonyl (C=O) groups excluding carboxylic acids is 2. The standard InChI is InChI=1S/C17H17NO3/c1-13(19)7-12-17(20)18-14-8-10-16(11-9-14)21-15-5-3-2-4-6-15/h2-6,8-11H,7,12H2,1H3,(H,18,20). The molecule has 0 aliphatic rings. The number of amides is 1. The molecule has 0 aromatic heterocycles. The fourth-order valence-electron chi connectivity index (χ4n) is 1.74. The van der Waals surface area contributed by atoms with E-state index in [4.69, 9.17) is 4.74 Å². The third-order valence-electron chi connectivity index (χ3n) is 2.82. The molecule has 2 aromatic rings. The van der Waals surface area contributed by atoms with E-state index in [1.54, 1.807) is 24.3 Å². The number of ether oxygens (including phenoxy) is 1. The Morgan fingerprint density at radius 2 is 1.52 bits per heavy atom. The van der Waals surface area contributed by atoms with Crippen molar-refractivity contribution in [3.05, 3.63) is 54.6 Å². The van der Waals surface area contributed by atoms with Gasteiger partial charge in [-0.15, -0.1) is 0 Å². The molecule has 0 radical (unpaired) electrons. The smallest absolute Gasteiger partial charge is 0.224 e. The zero-order valence-electron chi connectivity index (χ0n) is 11.8. The highest BCUT2D eigenvalue weighted by molar-refractivity contribution is 5.93. The quantitative estimate of drug-likeness (QED) is 0.877. The second kappa shape index (κ2) is 7.24. The lowest BCUT2D eigenvalue weighted by Gasteiger charge is -2.07. The molecule has 2 rings (SSSR count). The summed E-state index contributed by atoms with van der Waals surface area (Å²) in [7, 11) is 0. The maximum absolute atomic E-state index is 11.6. The third kappa shape index (κ3) is 5.10. The van der Waals surface area contributed by atoms with E-state index in [2.05, 4.69) is 5.32 Å². The summed E-state index contributed by atoms with van der Waals surface area (Å²) in [5.41, 5.74) is 0.684. The summed E-state index contributed by atoms with van der Waals surface area (Å²) in [6.45, 7) is 1.48. The Balaban J connectivity index is 1.90. The third-order valence-corrected chi connectivity index (χ3v) is 2.82. The van der Waals surface area contributed by atoms with Crippen molar-refractivity contribution in [1.29, 1.82) is 0 Å². The molecule has 0 aliphatic heterocycles. The lowest BCUT2D eigenvalue weighted by molar-refractivity contribution is -0.121. The Labute approximate surface area is 123 Å². The first-order valence-electron chi connectivity index (χ1n) is 6.76. The number of para-hydroxylation sites is 1. The van der Waals surface area contributed by atoms with Gasteiger partial charge in [-0.3, -0.25) is 4.79 Å². The van der Waals surface area contributed by atoms with E-state index >= 15 is 0 Å². The highest BCUT2D eigenvalue weighted by Gasteiger charge is 2.04. The minimum atomic E-state index is -0.165. The van der Waals surface area contributed by atoms with Gasteiger partial charge in [0, 0.05) is 18.5 Å². The van der Waals surface area contributed by atoms with E-state index in [-0.39, 0.29) is 24.5 Å². The number of carbonyl (C=O) groups is 2. The van der Waals surface area contributed by atoms with Gasteiger partial charge in [0.2, 0.25) is 5.91 Å². The van der Waals surface area contributed by atoms with Crippen molar-refractivity contribution < 1.29 is 14.3 Å². The second-order valence-electron chi connectivity index (χ2n) is 4.69. The average molecular weight is 283 g/mol. The van der Waals surface area contributed by atoms with Gasteiger partial charge in [-0.25, -0.2) is 0 Å². The fourth-order valence-corrected chi connectivity index (χ4v) is 1.74. The Hall–Kier alpha value is -2.62. The lowest BCUT2D eigenvalue weighted by Crippen LogP contribution is -2.12. The number of nitrogens with one attached hydrogen (secondary N) is 1. The van der Waals surface area contributed by atoms with E-state index in [0.717, 1.165) is 5.75 Å². The van der Waals surface area contributed by atoms with Crippen LogP contribution in [0.5, 0.6) is 11.5 Å². The number of anilines is 1. The van der Waals surface area contributed by atoms with Crippen molar-refractivity contribution in [2.75, 3.05) is 5.32 Å². The van der Waals surface area contributed by atoms with Gasteiger partial charge in [0.1, 0.15) is 17.3 Å². The summed E-state index contributed by atoms with van der Waals surface area (Å²) in [5, 5.41) is 2.74. The zero-order valence-corrected chi connectivity index (χ0v) is 11.8. The molecule has 0 atom stereocenters. The second-order valence-corrected chi connectivity index (χ2v) is 4.69. The maximum atomic E-state index is 11.6. The molecular weight excluding hydrogens is 266 g/mol. The lowest BCUT2D eigenvalue weighted by atomic mass is 10.2. The van der Waals surface area contributed by atoms with E-state index in [1.807, 2.05) is 30.3 Å². The maximum Gasteiger partial charge on any atom is 0.224 e. The van der Waals surface area contributed by atoms with Gasteiger partial charge in [0.05, 0.1) is 0 Å². The predicted molar refractivity (Wildman–Crippen MR) is 81.5 cm³/mol. The van der Waals surface area contributed by atoms with Gasteiger partial charge < -0.3 is 14.8 Å². The van der Waals surface area contributed by atoms with E-state index in [9.17, 15) is 9.59 Å². The molecule has 0 saturated heterocycles. The van der Waals surface area contributed by atoms with Crippen LogP contribution in [0.2, 0.25) is 0 Å². The molecule has 4 nitrogen and oxygen atoms in total. The van der Waals surface area contributed by atoms with Gasteiger partial charge in [-0.1, -0.05) is 18.2 Å². The first-order chi connectivity index (χ1) is 10.1. The molecule has 0 unspecified atom stereocenters. The normalized spacial score (nSPS) is 9.95. The van der Waals surface area contributed by atoms with Crippen LogP contribution in [0.3, 0.4) is 0 Å². The van der Waals surface area contributed by atoms with Crippen LogP contribution in [-0.2, 0) is 9.59 Å². The largest absolute Gasteiger partial charge is 0.457 e. The minimum absolute atomic E-state index is 0.0109. The first-order valence-corrected chi connectivity index (χ1v) is 6.76. The van der Waals surface area contributed by atoms with E-state index in [1.165, 1.54) is 6.92 Å². The fraction of sp³-hybridized carbons (Fsp3) is 0.176. The highest BCUT2D eigenvalue weighted by atomic mass is 16.5. The van der Waals surface area contributed by atoms with Gasteiger partial charge in [-0.2, -0.15) is 0 Å². The van der Waals surface area contributed by atoms with Crippen LogP contribution in [0.4, 0.5) is 5.69 Å². The van der Waals surface area contributed by atoms with Crippen LogP contribution < -0.4 is 10.1 Å². The average Bonchev–Trinajstić information content (AvgIpc) is 2.48. The molecule has 0 saturated carbocycles. The molecule has 0 aliphatic carbocycles. The molecular formula is C17H17NO3. The van der Waals surface area contributed by atoms with Crippen LogP contribution in [0.1, 0.15) is 19.8 Å². The summed E-state index contributed by atoms with van der Waals surface area (Å²) in [6.07, 6.45) is 0.471. The Morgan fingerprint density at radius 1 is 0.905 bits per heavy atom. The number of rotatable bonds is 6. The van der Waals surface area contributed by atoms with Crippen molar-refractivity contribution in [2.45, 2.75) is 19.8 Å². The molecule has 2 aromatic carbocycles. The van der Waals surface area contributed by atoms with Gasteiger partial charge >= 0.3 is 0 Å². The number of hydrogen-bond acceptors (Lipinski definition) is 3. The summed E-state index contributed by atoms with van der Waals surface area (Å²) in [5.74, 6) is 1.30. The number of benzene rings is 2. The van der Waals surface area contributed by atoms with Gasteiger partial charge in [0.25, 0.3) is 0 Å². The predicted octanol–water partition coefficient (Wildman–Crippen LogP) is 3.79. The minimum Gasteiger partial charge on any atom is -0.457 e. The van der Waals surface area contributed by atoms with Gasteiger partial charge in [0.15, 0.2) is 0 Å². The first kappa shape index (κ1) is 14.8. The Bertz CT molecular complexity index is 606. The van der Waals surface area contributed by atoms with Crippen LogP contribution in [0.15, 0.2) is 54.6 Å². The van der Waals surface area contributed by atoms with E-state index in [0.29, 0.717) is 11.4 Å². The summed E-state index contributed by atoms with van der Waals surface area (Å²) >= 11 is 0. The molecule has 108 valence electrons.